The van der Waals surface area contributed by atoms with Crippen molar-refractivity contribution in [3.63, 3.8) is 0 Å². The van der Waals surface area contributed by atoms with Gasteiger partial charge in [-0.15, -0.1) is 0 Å². The smallest absolute Gasteiger partial charge is 0.139 e. The van der Waals surface area contributed by atoms with E-state index in [9.17, 15) is 8.78 Å². The lowest BCUT2D eigenvalue weighted by Gasteiger charge is -2.12. The highest BCUT2D eigenvalue weighted by molar-refractivity contribution is 9.10. The number of aryl methyl sites for hydroxylation is 2. The largest absolute Gasteiger partial charge is 0.381 e. The lowest BCUT2D eigenvalue weighted by Crippen LogP contribution is -2.03. The van der Waals surface area contributed by atoms with E-state index >= 15 is 0 Å². The molecule has 0 aliphatic carbocycles. The molecule has 0 saturated heterocycles. The Morgan fingerprint density at radius 1 is 1.05 bits per heavy atom. The van der Waals surface area contributed by atoms with Crippen molar-refractivity contribution in [2.75, 3.05) is 5.32 Å². The Hall–Kier alpha value is -1.42. The molecular formula is C15H14BrF2N. The molecule has 0 saturated carbocycles. The van der Waals surface area contributed by atoms with Crippen LogP contribution in [0.3, 0.4) is 0 Å². The van der Waals surface area contributed by atoms with Crippen molar-refractivity contribution < 1.29 is 8.78 Å². The molecule has 2 rings (SSSR count). The second kappa shape index (κ2) is 5.70. The maximum absolute atomic E-state index is 13.5. The third-order valence-electron chi connectivity index (χ3n) is 3.04. The summed E-state index contributed by atoms with van der Waals surface area (Å²) in [7, 11) is 0. The number of benzene rings is 2. The molecule has 0 fully saturated rings. The van der Waals surface area contributed by atoms with E-state index in [0.29, 0.717) is 11.0 Å². The van der Waals surface area contributed by atoms with Gasteiger partial charge in [-0.1, -0.05) is 6.07 Å². The highest BCUT2D eigenvalue weighted by Crippen LogP contribution is 2.24. The topological polar surface area (TPSA) is 12.0 Å². The van der Waals surface area contributed by atoms with Gasteiger partial charge in [-0.05, 0) is 70.7 Å². The molecule has 0 heterocycles. The van der Waals surface area contributed by atoms with E-state index in [-0.39, 0.29) is 11.6 Å². The highest BCUT2D eigenvalue weighted by Gasteiger charge is 2.06. The quantitative estimate of drug-likeness (QED) is 0.841. The van der Waals surface area contributed by atoms with Gasteiger partial charge in [0.1, 0.15) is 11.6 Å². The second-order valence-electron chi connectivity index (χ2n) is 4.51. The summed E-state index contributed by atoms with van der Waals surface area (Å²) < 4.78 is 26.9. The average Bonchev–Trinajstić information content (AvgIpc) is 2.34. The van der Waals surface area contributed by atoms with E-state index in [4.69, 9.17) is 0 Å². The normalized spacial score (nSPS) is 10.6. The monoisotopic (exact) mass is 325 g/mol. The third kappa shape index (κ3) is 3.32. The summed E-state index contributed by atoms with van der Waals surface area (Å²) in [5.41, 5.74) is 3.56. The lowest BCUT2D eigenvalue weighted by molar-refractivity contribution is 0.621. The summed E-state index contributed by atoms with van der Waals surface area (Å²) in [5.74, 6) is -0.545. The zero-order chi connectivity index (χ0) is 14.0. The van der Waals surface area contributed by atoms with Crippen molar-refractivity contribution in [3.8, 4) is 0 Å². The molecule has 100 valence electrons. The first-order chi connectivity index (χ1) is 8.97. The Kier molecular flexibility index (Phi) is 4.20. The number of nitrogens with one attached hydrogen (secondary N) is 1. The van der Waals surface area contributed by atoms with Crippen molar-refractivity contribution >= 4 is 21.6 Å². The summed E-state index contributed by atoms with van der Waals surface area (Å²) in [5, 5.41) is 3.17. The first-order valence-corrected chi connectivity index (χ1v) is 6.71. The lowest BCUT2D eigenvalue weighted by atomic mass is 10.1. The summed E-state index contributed by atoms with van der Waals surface area (Å²) in [4.78, 5) is 0. The van der Waals surface area contributed by atoms with Gasteiger partial charge in [0, 0.05) is 12.2 Å². The van der Waals surface area contributed by atoms with Gasteiger partial charge in [-0.2, -0.15) is 0 Å². The van der Waals surface area contributed by atoms with Gasteiger partial charge in [0.25, 0.3) is 0 Å². The zero-order valence-electron chi connectivity index (χ0n) is 10.7. The number of hydrogen-bond donors (Lipinski definition) is 1. The van der Waals surface area contributed by atoms with Crippen LogP contribution in [0.1, 0.15) is 16.7 Å². The first-order valence-electron chi connectivity index (χ1n) is 5.92. The van der Waals surface area contributed by atoms with Crippen LogP contribution in [0.15, 0.2) is 34.8 Å². The molecule has 0 aliphatic rings. The molecule has 2 aromatic carbocycles. The van der Waals surface area contributed by atoms with Crippen LogP contribution in [0.25, 0.3) is 0 Å². The summed E-state index contributed by atoms with van der Waals surface area (Å²) in [6, 6.07) is 7.85. The Morgan fingerprint density at radius 3 is 2.47 bits per heavy atom. The molecule has 0 atom stereocenters. The molecule has 19 heavy (non-hydrogen) atoms. The summed E-state index contributed by atoms with van der Waals surface area (Å²) in [6.45, 7) is 4.30. The van der Waals surface area contributed by atoms with Crippen LogP contribution in [0.5, 0.6) is 0 Å². The van der Waals surface area contributed by atoms with Crippen molar-refractivity contribution in [1.82, 2.24) is 0 Å². The van der Waals surface area contributed by atoms with Crippen LogP contribution in [0, 0.1) is 25.5 Å². The highest BCUT2D eigenvalue weighted by atomic mass is 79.9. The van der Waals surface area contributed by atoms with Crippen molar-refractivity contribution in [1.29, 1.82) is 0 Å². The van der Waals surface area contributed by atoms with Crippen molar-refractivity contribution in [2.24, 2.45) is 0 Å². The van der Waals surface area contributed by atoms with Gasteiger partial charge in [0.2, 0.25) is 0 Å². The molecule has 1 nitrogen and oxygen atoms in total. The SMILES string of the molecule is Cc1cc(F)ccc1CNc1cc(F)c(Br)cc1C. The van der Waals surface area contributed by atoms with Crippen LogP contribution in [-0.4, -0.2) is 0 Å². The molecule has 0 unspecified atom stereocenters. The molecule has 0 radical (unpaired) electrons. The van der Waals surface area contributed by atoms with Crippen molar-refractivity contribution in [3.05, 3.63) is 63.1 Å². The molecule has 0 spiro atoms. The van der Waals surface area contributed by atoms with Crippen LogP contribution in [-0.2, 0) is 6.54 Å². The Balaban J connectivity index is 2.16. The van der Waals surface area contributed by atoms with Crippen LogP contribution in [0.4, 0.5) is 14.5 Å². The van der Waals surface area contributed by atoms with Crippen LogP contribution >= 0.6 is 15.9 Å². The van der Waals surface area contributed by atoms with E-state index < -0.39 is 0 Å². The maximum atomic E-state index is 13.5. The van der Waals surface area contributed by atoms with Crippen LogP contribution in [0.2, 0.25) is 0 Å². The van der Waals surface area contributed by atoms with E-state index in [2.05, 4.69) is 21.2 Å². The number of anilines is 1. The second-order valence-corrected chi connectivity index (χ2v) is 5.36. The van der Waals surface area contributed by atoms with E-state index in [0.717, 1.165) is 22.4 Å². The van der Waals surface area contributed by atoms with Gasteiger partial charge in [-0.3, -0.25) is 0 Å². The molecular weight excluding hydrogens is 312 g/mol. The van der Waals surface area contributed by atoms with Gasteiger partial charge in [-0.25, -0.2) is 8.78 Å². The van der Waals surface area contributed by atoms with Gasteiger partial charge in [0.15, 0.2) is 0 Å². The molecule has 1 N–H and O–H groups in total. The van der Waals surface area contributed by atoms with Gasteiger partial charge in [0.05, 0.1) is 4.47 Å². The first kappa shape index (κ1) is 14.0. The molecule has 0 bridgehead atoms. The number of halogens is 3. The van der Waals surface area contributed by atoms with E-state index in [1.165, 1.54) is 18.2 Å². The van der Waals surface area contributed by atoms with Crippen molar-refractivity contribution in [2.45, 2.75) is 20.4 Å². The fourth-order valence-electron chi connectivity index (χ4n) is 1.88. The predicted octanol–water partition coefficient (Wildman–Crippen LogP) is 4.96. The minimum atomic E-state index is -0.302. The molecule has 4 heteroatoms. The Morgan fingerprint density at radius 2 is 1.79 bits per heavy atom. The molecule has 0 amide bonds. The van der Waals surface area contributed by atoms with Gasteiger partial charge >= 0.3 is 0 Å². The summed E-state index contributed by atoms with van der Waals surface area (Å²) >= 11 is 3.15. The van der Waals surface area contributed by atoms with E-state index in [1.54, 1.807) is 12.1 Å². The summed E-state index contributed by atoms with van der Waals surface area (Å²) in [6.07, 6.45) is 0. The average molecular weight is 326 g/mol. The Labute approximate surface area is 119 Å². The fourth-order valence-corrected chi connectivity index (χ4v) is 2.34. The number of rotatable bonds is 3. The minimum absolute atomic E-state index is 0.243. The molecule has 0 aromatic heterocycles. The molecule has 0 aliphatic heterocycles. The minimum Gasteiger partial charge on any atom is -0.381 e. The zero-order valence-corrected chi connectivity index (χ0v) is 12.3. The standard InChI is InChI=1S/C15H14BrF2N/c1-9-5-12(17)4-3-11(9)8-19-15-7-14(18)13(16)6-10(15)2/h3-7,19H,8H2,1-2H3. The van der Waals surface area contributed by atoms with Gasteiger partial charge < -0.3 is 5.32 Å². The van der Waals surface area contributed by atoms with Crippen LogP contribution < -0.4 is 5.32 Å². The third-order valence-corrected chi connectivity index (χ3v) is 3.65. The predicted molar refractivity (Wildman–Crippen MR) is 77.3 cm³/mol. The van der Waals surface area contributed by atoms with E-state index in [1.807, 2.05) is 13.8 Å². The molecule has 2 aromatic rings. The maximum Gasteiger partial charge on any atom is 0.139 e. The number of hydrogen-bond acceptors (Lipinski definition) is 1. The fraction of sp³-hybridized carbons (Fsp3) is 0.200. The Bertz CT molecular complexity index is 611.